The van der Waals surface area contributed by atoms with Crippen molar-refractivity contribution in [1.29, 1.82) is 0 Å². The molecule has 2 unspecified atom stereocenters. The van der Waals surface area contributed by atoms with Crippen molar-refractivity contribution in [2.24, 2.45) is 0 Å². The Morgan fingerprint density at radius 1 is 1.60 bits per heavy atom. The van der Waals surface area contributed by atoms with Gasteiger partial charge in [-0.1, -0.05) is 6.92 Å². The molecule has 0 bridgehead atoms. The van der Waals surface area contributed by atoms with Gasteiger partial charge >= 0.3 is 0 Å². The summed E-state index contributed by atoms with van der Waals surface area (Å²) in [6.07, 6.45) is 1.16. The van der Waals surface area contributed by atoms with Crippen LogP contribution in [0.4, 0.5) is 0 Å². The summed E-state index contributed by atoms with van der Waals surface area (Å²) in [5, 5.41) is 3.29. The molecule has 0 aromatic rings. The van der Waals surface area contributed by atoms with Gasteiger partial charge in [0.1, 0.15) is 0 Å². The maximum Gasteiger partial charge on any atom is 0.0628 e. The first-order valence-electron chi connectivity index (χ1n) is 5.79. The Bertz CT molecular complexity index is 167. The van der Waals surface area contributed by atoms with E-state index in [0.717, 1.165) is 39.3 Å². The molecule has 0 aromatic heterocycles. The van der Waals surface area contributed by atoms with E-state index in [0.29, 0.717) is 12.1 Å². The Morgan fingerprint density at radius 2 is 2.40 bits per heavy atom. The monoisotopic (exact) mass is 216 g/mol. The van der Waals surface area contributed by atoms with Crippen molar-refractivity contribution < 1.29 is 9.47 Å². The molecule has 15 heavy (non-hydrogen) atoms. The number of morpholine rings is 1. The van der Waals surface area contributed by atoms with Gasteiger partial charge in [0.15, 0.2) is 0 Å². The van der Waals surface area contributed by atoms with Crippen LogP contribution < -0.4 is 5.32 Å². The third-order valence-electron chi connectivity index (χ3n) is 3.05. The fourth-order valence-corrected chi connectivity index (χ4v) is 2.02. The Hall–Kier alpha value is -0.160. The summed E-state index contributed by atoms with van der Waals surface area (Å²) in [5.74, 6) is 0. The quantitative estimate of drug-likeness (QED) is 0.694. The molecule has 1 saturated heterocycles. The van der Waals surface area contributed by atoms with Gasteiger partial charge in [0.25, 0.3) is 0 Å². The number of nitrogens with one attached hydrogen (secondary N) is 1. The first kappa shape index (κ1) is 12.9. The highest BCUT2D eigenvalue weighted by molar-refractivity contribution is 4.78. The molecule has 4 heteroatoms. The molecule has 0 radical (unpaired) electrons. The van der Waals surface area contributed by atoms with Crippen LogP contribution in [0.3, 0.4) is 0 Å². The van der Waals surface area contributed by atoms with Crippen LogP contribution in [0.1, 0.15) is 13.3 Å². The number of methoxy groups -OCH3 is 1. The summed E-state index contributed by atoms with van der Waals surface area (Å²) < 4.78 is 10.7. The molecule has 0 aliphatic carbocycles. The zero-order valence-corrected chi connectivity index (χ0v) is 10.2. The van der Waals surface area contributed by atoms with E-state index in [2.05, 4.69) is 17.1 Å². The molecule has 0 spiro atoms. The SMILES string of the molecule is CCC1COCCN1CC(COC)NC. The van der Waals surface area contributed by atoms with E-state index in [4.69, 9.17) is 9.47 Å². The minimum atomic E-state index is 0.419. The van der Waals surface area contributed by atoms with Crippen molar-refractivity contribution in [2.75, 3.05) is 47.1 Å². The third-order valence-corrected chi connectivity index (χ3v) is 3.05. The molecule has 1 fully saturated rings. The van der Waals surface area contributed by atoms with Gasteiger partial charge in [0.05, 0.1) is 19.8 Å². The van der Waals surface area contributed by atoms with E-state index >= 15 is 0 Å². The molecular formula is C11H24N2O2. The topological polar surface area (TPSA) is 33.7 Å². The summed E-state index contributed by atoms with van der Waals surface area (Å²) in [6, 6.07) is 0.994. The molecule has 1 aliphatic rings. The van der Waals surface area contributed by atoms with E-state index in [-0.39, 0.29) is 0 Å². The Kier molecular flexibility index (Phi) is 6.17. The molecule has 0 amide bonds. The van der Waals surface area contributed by atoms with Crippen molar-refractivity contribution >= 4 is 0 Å². The second kappa shape index (κ2) is 7.17. The molecule has 1 rings (SSSR count). The van der Waals surface area contributed by atoms with Gasteiger partial charge in [-0.25, -0.2) is 0 Å². The molecule has 90 valence electrons. The zero-order chi connectivity index (χ0) is 11.1. The van der Waals surface area contributed by atoms with Crippen LogP contribution in [-0.2, 0) is 9.47 Å². The summed E-state index contributed by atoms with van der Waals surface area (Å²) in [7, 11) is 3.74. The van der Waals surface area contributed by atoms with Crippen molar-refractivity contribution in [1.82, 2.24) is 10.2 Å². The van der Waals surface area contributed by atoms with Gasteiger partial charge in [-0.05, 0) is 13.5 Å². The van der Waals surface area contributed by atoms with Gasteiger partial charge in [-0.15, -0.1) is 0 Å². The lowest BCUT2D eigenvalue weighted by Crippen LogP contribution is -2.51. The largest absolute Gasteiger partial charge is 0.383 e. The molecule has 1 heterocycles. The maximum absolute atomic E-state index is 5.49. The standard InChI is InChI=1S/C11H24N2O2/c1-4-11-9-15-6-5-13(11)7-10(12-2)8-14-3/h10-12H,4-9H2,1-3H3. The highest BCUT2D eigenvalue weighted by atomic mass is 16.5. The summed E-state index contributed by atoms with van der Waals surface area (Å²) >= 11 is 0. The molecular weight excluding hydrogens is 192 g/mol. The molecule has 0 saturated carbocycles. The first-order chi connectivity index (χ1) is 7.31. The highest BCUT2D eigenvalue weighted by Crippen LogP contribution is 2.10. The molecule has 1 aliphatic heterocycles. The molecule has 4 nitrogen and oxygen atoms in total. The number of hydrogen-bond donors (Lipinski definition) is 1. The maximum atomic E-state index is 5.49. The van der Waals surface area contributed by atoms with Crippen LogP contribution in [0.15, 0.2) is 0 Å². The van der Waals surface area contributed by atoms with Crippen molar-refractivity contribution in [3.05, 3.63) is 0 Å². The zero-order valence-electron chi connectivity index (χ0n) is 10.2. The van der Waals surface area contributed by atoms with Gasteiger partial charge in [-0.3, -0.25) is 4.90 Å². The fourth-order valence-electron chi connectivity index (χ4n) is 2.02. The van der Waals surface area contributed by atoms with Gasteiger partial charge < -0.3 is 14.8 Å². The van der Waals surface area contributed by atoms with Crippen LogP contribution >= 0.6 is 0 Å². The second-order valence-corrected chi connectivity index (χ2v) is 4.07. The average molecular weight is 216 g/mol. The predicted molar refractivity (Wildman–Crippen MR) is 61.2 cm³/mol. The van der Waals surface area contributed by atoms with Crippen molar-refractivity contribution in [3.63, 3.8) is 0 Å². The van der Waals surface area contributed by atoms with E-state index in [9.17, 15) is 0 Å². The van der Waals surface area contributed by atoms with E-state index in [1.165, 1.54) is 0 Å². The normalized spacial score (nSPS) is 25.4. The first-order valence-corrected chi connectivity index (χ1v) is 5.79. The van der Waals surface area contributed by atoms with Crippen LogP contribution in [0.2, 0.25) is 0 Å². The lowest BCUT2D eigenvalue weighted by molar-refractivity contribution is -0.0161. The van der Waals surface area contributed by atoms with E-state index in [1.807, 2.05) is 7.05 Å². The molecule has 2 atom stereocenters. The Balaban J connectivity index is 2.38. The summed E-state index contributed by atoms with van der Waals surface area (Å²) in [5.41, 5.74) is 0. The summed E-state index contributed by atoms with van der Waals surface area (Å²) in [6.45, 7) is 6.81. The number of hydrogen-bond acceptors (Lipinski definition) is 4. The van der Waals surface area contributed by atoms with Crippen LogP contribution in [-0.4, -0.2) is 64.1 Å². The molecule has 1 N–H and O–H groups in total. The van der Waals surface area contributed by atoms with Crippen LogP contribution in [0.5, 0.6) is 0 Å². The Labute approximate surface area is 92.9 Å². The minimum Gasteiger partial charge on any atom is -0.383 e. The van der Waals surface area contributed by atoms with Gasteiger partial charge in [-0.2, -0.15) is 0 Å². The smallest absolute Gasteiger partial charge is 0.0628 e. The number of ether oxygens (including phenoxy) is 2. The summed E-state index contributed by atoms with van der Waals surface area (Å²) in [4.78, 5) is 2.50. The lowest BCUT2D eigenvalue weighted by Gasteiger charge is -2.37. The second-order valence-electron chi connectivity index (χ2n) is 4.07. The van der Waals surface area contributed by atoms with Gasteiger partial charge in [0.2, 0.25) is 0 Å². The lowest BCUT2D eigenvalue weighted by atomic mass is 10.1. The van der Waals surface area contributed by atoms with E-state index in [1.54, 1.807) is 7.11 Å². The van der Waals surface area contributed by atoms with Crippen LogP contribution in [0, 0.1) is 0 Å². The van der Waals surface area contributed by atoms with Crippen molar-refractivity contribution in [3.8, 4) is 0 Å². The van der Waals surface area contributed by atoms with E-state index < -0.39 is 0 Å². The van der Waals surface area contributed by atoms with Crippen LogP contribution in [0.25, 0.3) is 0 Å². The third kappa shape index (κ3) is 4.07. The van der Waals surface area contributed by atoms with Gasteiger partial charge in [0, 0.05) is 32.3 Å². The number of nitrogens with zero attached hydrogens (tertiary/aromatic N) is 1. The highest BCUT2D eigenvalue weighted by Gasteiger charge is 2.23. The Morgan fingerprint density at radius 3 is 3.00 bits per heavy atom. The molecule has 0 aromatic carbocycles. The average Bonchev–Trinajstić information content (AvgIpc) is 2.29. The number of likely N-dealkylation sites (N-methyl/N-ethyl adjacent to an activating group) is 1. The minimum absolute atomic E-state index is 0.419. The predicted octanol–water partition coefficient (Wildman–Crippen LogP) is 0.332. The fraction of sp³-hybridized carbons (Fsp3) is 1.00. The van der Waals surface area contributed by atoms with Crippen molar-refractivity contribution in [2.45, 2.75) is 25.4 Å². The number of rotatable bonds is 6.